The first kappa shape index (κ1) is 23.7. The number of carbonyl (C=O) groups is 1. The Morgan fingerprint density at radius 1 is 1.13 bits per heavy atom. The summed E-state index contributed by atoms with van der Waals surface area (Å²) < 4.78 is 7.89. The second kappa shape index (κ2) is 10.1. The molecule has 10 heteroatoms. The van der Waals surface area contributed by atoms with Crippen LogP contribution >= 0.6 is 46.6 Å². The number of aryl methyl sites for hydroxylation is 2. The molecule has 0 saturated carbocycles. The molecule has 1 unspecified atom stereocenters. The number of thioether (sulfide) groups is 1. The summed E-state index contributed by atoms with van der Waals surface area (Å²) >= 11 is 19.3. The molecule has 164 valence electrons. The van der Waals surface area contributed by atoms with Crippen LogP contribution in [0, 0.1) is 13.8 Å². The van der Waals surface area contributed by atoms with Gasteiger partial charge >= 0.3 is 0 Å². The van der Waals surface area contributed by atoms with Crippen molar-refractivity contribution in [3.63, 3.8) is 0 Å². The Morgan fingerprint density at radius 2 is 1.84 bits per heavy atom. The Balaban J connectivity index is 1.62. The van der Waals surface area contributed by atoms with Crippen molar-refractivity contribution in [2.24, 2.45) is 7.05 Å². The van der Waals surface area contributed by atoms with E-state index in [-0.39, 0.29) is 17.8 Å². The van der Waals surface area contributed by atoms with Crippen LogP contribution in [0.15, 0.2) is 35.5 Å². The smallest absolute Gasteiger partial charge is 0.234 e. The SMILES string of the molecule is Cc1ccc(OC(C)c2nnc(SCC(=O)Nc3cc(Cl)c(Cl)cc3Cl)n2C)c(C)c1. The maximum absolute atomic E-state index is 12.3. The second-order valence-corrected chi connectivity index (χ2v) is 9.18. The first-order valence-electron chi connectivity index (χ1n) is 9.36. The summed E-state index contributed by atoms with van der Waals surface area (Å²) in [7, 11) is 1.84. The predicted molar refractivity (Wildman–Crippen MR) is 127 cm³/mol. The molecule has 0 saturated heterocycles. The number of hydrogen-bond donors (Lipinski definition) is 1. The first-order chi connectivity index (χ1) is 14.7. The quantitative estimate of drug-likeness (QED) is 0.307. The number of carbonyl (C=O) groups excluding carboxylic acids is 1. The van der Waals surface area contributed by atoms with Crippen LogP contribution in [0.25, 0.3) is 0 Å². The van der Waals surface area contributed by atoms with Crippen LogP contribution in [-0.4, -0.2) is 26.4 Å². The zero-order valence-electron chi connectivity index (χ0n) is 17.4. The highest BCUT2D eigenvalue weighted by Crippen LogP contribution is 2.32. The van der Waals surface area contributed by atoms with E-state index in [0.29, 0.717) is 31.7 Å². The Bertz CT molecular complexity index is 1120. The minimum absolute atomic E-state index is 0.120. The number of aromatic nitrogens is 3. The van der Waals surface area contributed by atoms with Gasteiger partial charge in [-0.15, -0.1) is 10.2 Å². The van der Waals surface area contributed by atoms with E-state index in [2.05, 4.69) is 21.6 Å². The normalized spacial score (nSPS) is 12.0. The summed E-state index contributed by atoms with van der Waals surface area (Å²) in [5.74, 6) is 1.33. The number of anilines is 1. The van der Waals surface area contributed by atoms with Crippen LogP contribution in [0.4, 0.5) is 5.69 Å². The number of nitrogens with one attached hydrogen (secondary N) is 1. The van der Waals surface area contributed by atoms with Crippen molar-refractivity contribution in [2.45, 2.75) is 32.0 Å². The van der Waals surface area contributed by atoms with Gasteiger partial charge < -0.3 is 14.6 Å². The molecule has 0 fully saturated rings. The number of hydrogen-bond acceptors (Lipinski definition) is 5. The molecule has 31 heavy (non-hydrogen) atoms. The molecule has 0 aliphatic heterocycles. The van der Waals surface area contributed by atoms with E-state index >= 15 is 0 Å². The topological polar surface area (TPSA) is 69.0 Å². The molecule has 3 aromatic rings. The highest BCUT2D eigenvalue weighted by Gasteiger charge is 2.19. The molecule has 1 heterocycles. The predicted octanol–water partition coefficient (Wildman–Crippen LogP) is 6.26. The summed E-state index contributed by atoms with van der Waals surface area (Å²) in [5, 5.41) is 12.7. The highest BCUT2D eigenvalue weighted by molar-refractivity contribution is 7.99. The average molecular weight is 500 g/mol. The fourth-order valence-electron chi connectivity index (χ4n) is 2.92. The molecule has 0 aliphatic carbocycles. The van der Waals surface area contributed by atoms with Gasteiger partial charge in [0.25, 0.3) is 0 Å². The van der Waals surface area contributed by atoms with Crippen molar-refractivity contribution in [3.05, 3.63) is 62.4 Å². The van der Waals surface area contributed by atoms with E-state index in [4.69, 9.17) is 39.5 Å². The fraction of sp³-hybridized carbons (Fsp3) is 0.286. The lowest BCUT2D eigenvalue weighted by Crippen LogP contribution is -2.15. The van der Waals surface area contributed by atoms with E-state index in [1.807, 2.05) is 44.5 Å². The van der Waals surface area contributed by atoms with Gasteiger partial charge in [0, 0.05) is 7.05 Å². The molecular formula is C21H21Cl3N4O2S. The van der Waals surface area contributed by atoms with Gasteiger partial charge in [0.2, 0.25) is 5.91 Å². The van der Waals surface area contributed by atoms with Gasteiger partial charge in [-0.3, -0.25) is 4.79 Å². The van der Waals surface area contributed by atoms with E-state index < -0.39 is 0 Å². The Labute approximate surface area is 200 Å². The molecule has 1 N–H and O–H groups in total. The lowest BCUT2D eigenvalue weighted by atomic mass is 10.1. The van der Waals surface area contributed by atoms with Crippen LogP contribution in [-0.2, 0) is 11.8 Å². The number of amides is 1. The molecular weight excluding hydrogens is 479 g/mol. The van der Waals surface area contributed by atoms with Crippen molar-refractivity contribution in [2.75, 3.05) is 11.1 Å². The van der Waals surface area contributed by atoms with E-state index in [0.717, 1.165) is 11.3 Å². The van der Waals surface area contributed by atoms with Crippen LogP contribution in [0.1, 0.15) is 30.0 Å². The first-order valence-corrected chi connectivity index (χ1v) is 11.5. The van der Waals surface area contributed by atoms with Gasteiger partial charge in [-0.25, -0.2) is 0 Å². The standard InChI is InChI=1S/C21H21Cl3N4O2S/c1-11-5-6-18(12(2)7-11)30-13(3)20-26-27-21(28(20)4)31-10-19(29)25-17-9-15(23)14(22)8-16(17)24/h5-9,13H,10H2,1-4H3,(H,25,29). The van der Waals surface area contributed by atoms with Crippen LogP contribution in [0.2, 0.25) is 15.1 Å². The van der Waals surface area contributed by atoms with E-state index in [1.165, 1.54) is 29.5 Å². The van der Waals surface area contributed by atoms with Gasteiger partial charge in [-0.2, -0.15) is 0 Å². The van der Waals surface area contributed by atoms with Crippen molar-refractivity contribution < 1.29 is 9.53 Å². The molecule has 3 rings (SSSR count). The molecule has 0 spiro atoms. The molecule has 0 radical (unpaired) electrons. The maximum atomic E-state index is 12.3. The monoisotopic (exact) mass is 498 g/mol. The molecule has 1 amide bonds. The van der Waals surface area contributed by atoms with Crippen molar-refractivity contribution >= 4 is 58.2 Å². The zero-order chi connectivity index (χ0) is 22.7. The highest BCUT2D eigenvalue weighted by atomic mass is 35.5. The largest absolute Gasteiger partial charge is 0.482 e. The third-order valence-corrected chi connectivity index (χ3v) is 6.54. The lowest BCUT2D eigenvalue weighted by molar-refractivity contribution is -0.113. The summed E-state index contributed by atoms with van der Waals surface area (Å²) in [6.45, 7) is 5.96. The lowest BCUT2D eigenvalue weighted by Gasteiger charge is -2.16. The molecule has 2 aromatic carbocycles. The number of nitrogens with zero attached hydrogens (tertiary/aromatic N) is 3. The number of benzene rings is 2. The van der Waals surface area contributed by atoms with Gasteiger partial charge in [0.05, 0.1) is 26.5 Å². The summed E-state index contributed by atoms with van der Waals surface area (Å²) in [4.78, 5) is 12.3. The Hall–Kier alpha value is -1.93. The van der Waals surface area contributed by atoms with Gasteiger partial charge in [0.15, 0.2) is 17.1 Å². The Kier molecular flexibility index (Phi) is 7.75. The van der Waals surface area contributed by atoms with Gasteiger partial charge in [-0.05, 0) is 44.5 Å². The minimum atomic E-state index is -0.308. The van der Waals surface area contributed by atoms with Crippen LogP contribution in [0.5, 0.6) is 5.75 Å². The average Bonchev–Trinajstić information content (AvgIpc) is 3.07. The van der Waals surface area contributed by atoms with E-state index in [9.17, 15) is 4.79 Å². The van der Waals surface area contributed by atoms with E-state index in [1.54, 1.807) is 0 Å². The van der Waals surface area contributed by atoms with Crippen LogP contribution < -0.4 is 10.1 Å². The summed E-state index contributed by atoms with van der Waals surface area (Å²) in [5.41, 5.74) is 2.63. The minimum Gasteiger partial charge on any atom is -0.482 e. The Morgan fingerprint density at radius 3 is 2.55 bits per heavy atom. The van der Waals surface area contributed by atoms with Crippen LogP contribution in [0.3, 0.4) is 0 Å². The molecule has 6 nitrogen and oxygen atoms in total. The number of ether oxygens (including phenoxy) is 1. The third kappa shape index (κ3) is 5.86. The number of halogens is 3. The number of rotatable bonds is 7. The fourth-order valence-corrected chi connectivity index (χ4v) is 4.23. The maximum Gasteiger partial charge on any atom is 0.234 e. The molecule has 1 aromatic heterocycles. The molecule has 0 bridgehead atoms. The van der Waals surface area contributed by atoms with Crippen molar-refractivity contribution in [1.82, 2.24) is 14.8 Å². The van der Waals surface area contributed by atoms with Gasteiger partial charge in [-0.1, -0.05) is 64.3 Å². The van der Waals surface area contributed by atoms with Crippen molar-refractivity contribution in [1.29, 1.82) is 0 Å². The molecule has 1 atom stereocenters. The summed E-state index contributed by atoms with van der Waals surface area (Å²) in [6, 6.07) is 9.03. The van der Waals surface area contributed by atoms with Crippen molar-refractivity contribution in [3.8, 4) is 5.75 Å². The zero-order valence-corrected chi connectivity index (χ0v) is 20.5. The van der Waals surface area contributed by atoms with Gasteiger partial charge in [0.1, 0.15) is 5.75 Å². The molecule has 0 aliphatic rings. The second-order valence-electron chi connectivity index (χ2n) is 7.01. The summed E-state index contributed by atoms with van der Waals surface area (Å²) in [6.07, 6.45) is -0.308. The third-order valence-electron chi connectivity index (χ3n) is 4.48.